The van der Waals surface area contributed by atoms with Crippen LogP contribution < -0.4 is 20.7 Å². The number of primary amides is 1. The quantitative estimate of drug-likeness (QED) is 0.395. The number of aromatic nitrogens is 7. The van der Waals surface area contributed by atoms with Crippen LogP contribution in [0.25, 0.3) is 16.9 Å². The minimum Gasteiger partial charge on any atom is -0.467 e. The van der Waals surface area contributed by atoms with E-state index in [0.29, 0.717) is 41.6 Å². The summed E-state index contributed by atoms with van der Waals surface area (Å²) in [6, 6.07) is 7.48. The largest absolute Gasteiger partial charge is 0.467 e. The standard InChI is InChI=1S/C24H25N11O2/c1-24(2)13-34(19-5-4-15(9-25)31-32-19)7-6-18(24)30-22-16(21(26)36)12-27-20-8-17(33-35(20)22)14-10-28-23(37-3)29-11-14/h4-5,8,10-12,18,30H,6-7,13H2,1-3H3,(H2,26,36)/t18-/m1/s1. The zero-order valence-corrected chi connectivity index (χ0v) is 20.6. The predicted octanol–water partition coefficient (Wildman–Crippen LogP) is 1.67. The first-order chi connectivity index (χ1) is 17.8. The predicted molar refractivity (Wildman–Crippen MR) is 134 cm³/mol. The first kappa shape index (κ1) is 23.9. The molecule has 1 aliphatic rings. The molecule has 1 fully saturated rings. The molecule has 4 aromatic rings. The van der Waals surface area contributed by atoms with Crippen LogP contribution in [-0.2, 0) is 0 Å². The van der Waals surface area contributed by atoms with Crippen molar-refractivity contribution >= 4 is 23.2 Å². The third-order valence-electron chi connectivity index (χ3n) is 6.48. The summed E-state index contributed by atoms with van der Waals surface area (Å²) in [6.45, 7) is 5.66. The summed E-state index contributed by atoms with van der Waals surface area (Å²) in [6.07, 6.45) is 5.43. The van der Waals surface area contributed by atoms with Crippen molar-refractivity contribution < 1.29 is 9.53 Å². The van der Waals surface area contributed by atoms with Crippen LogP contribution in [0.15, 0.2) is 36.8 Å². The van der Waals surface area contributed by atoms with Crippen molar-refractivity contribution in [2.45, 2.75) is 26.3 Å². The van der Waals surface area contributed by atoms with Crippen LogP contribution in [0.1, 0.15) is 36.3 Å². The fourth-order valence-electron chi connectivity index (χ4n) is 4.49. The summed E-state index contributed by atoms with van der Waals surface area (Å²) in [4.78, 5) is 27.1. The summed E-state index contributed by atoms with van der Waals surface area (Å²) in [5.41, 5.74) is 7.80. The number of fused-ring (bicyclic) bond motifs is 1. The zero-order chi connectivity index (χ0) is 26.2. The van der Waals surface area contributed by atoms with E-state index in [9.17, 15) is 4.79 Å². The second kappa shape index (κ2) is 9.30. The molecule has 3 N–H and O–H groups in total. The Balaban J connectivity index is 1.45. The lowest BCUT2D eigenvalue weighted by Gasteiger charge is -2.45. The Morgan fingerprint density at radius 1 is 1.22 bits per heavy atom. The summed E-state index contributed by atoms with van der Waals surface area (Å²) >= 11 is 0. The van der Waals surface area contributed by atoms with Gasteiger partial charge in [0, 0.05) is 54.8 Å². The molecule has 1 aliphatic heterocycles. The second-order valence-corrected chi connectivity index (χ2v) is 9.43. The minimum absolute atomic E-state index is 0.0178. The van der Waals surface area contributed by atoms with Gasteiger partial charge >= 0.3 is 6.01 Å². The van der Waals surface area contributed by atoms with E-state index in [4.69, 9.17) is 15.7 Å². The van der Waals surface area contributed by atoms with Gasteiger partial charge in [-0.15, -0.1) is 10.2 Å². The molecule has 4 aromatic heterocycles. The Kier molecular flexibility index (Phi) is 6.00. The van der Waals surface area contributed by atoms with Gasteiger partial charge in [-0.3, -0.25) is 4.79 Å². The van der Waals surface area contributed by atoms with Crippen LogP contribution >= 0.6 is 0 Å². The molecule has 1 atom stereocenters. The average Bonchev–Trinajstić information content (AvgIpc) is 3.34. The van der Waals surface area contributed by atoms with E-state index in [1.54, 1.807) is 35.1 Å². The lowest BCUT2D eigenvalue weighted by molar-refractivity contribution is 0.1000. The molecule has 37 heavy (non-hydrogen) atoms. The van der Waals surface area contributed by atoms with Gasteiger partial charge in [0.05, 0.1) is 18.4 Å². The minimum atomic E-state index is -0.607. The van der Waals surface area contributed by atoms with Gasteiger partial charge in [0.1, 0.15) is 11.9 Å². The number of rotatable bonds is 6. The van der Waals surface area contributed by atoms with Crippen molar-refractivity contribution in [2.75, 3.05) is 30.4 Å². The van der Waals surface area contributed by atoms with E-state index in [-0.39, 0.29) is 28.7 Å². The highest BCUT2D eigenvalue weighted by Gasteiger charge is 2.37. The van der Waals surface area contributed by atoms with E-state index in [2.05, 4.69) is 54.3 Å². The molecule has 0 aliphatic carbocycles. The van der Waals surface area contributed by atoms with Crippen LogP contribution in [-0.4, -0.2) is 66.9 Å². The number of methoxy groups -OCH3 is 1. The average molecular weight is 500 g/mol. The molecule has 0 bridgehead atoms. The molecule has 13 nitrogen and oxygen atoms in total. The third-order valence-corrected chi connectivity index (χ3v) is 6.48. The Bertz CT molecular complexity index is 1490. The van der Waals surface area contributed by atoms with E-state index in [1.807, 2.05) is 6.07 Å². The van der Waals surface area contributed by atoms with Crippen molar-refractivity contribution in [3.63, 3.8) is 0 Å². The monoisotopic (exact) mass is 499 g/mol. The van der Waals surface area contributed by atoms with Gasteiger partial charge < -0.3 is 20.7 Å². The molecule has 13 heteroatoms. The summed E-state index contributed by atoms with van der Waals surface area (Å²) in [7, 11) is 1.50. The molecule has 0 spiro atoms. The number of nitriles is 1. The van der Waals surface area contributed by atoms with Gasteiger partial charge in [-0.1, -0.05) is 13.8 Å². The molecule has 5 rings (SSSR count). The fraction of sp³-hybridized carbons (Fsp3) is 0.333. The maximum atomic E-state index is 12.3. The summed E-state index contributed by atoms with van der Waals surface area (Å²) < 4.78 is 6.62. The smallest absolute Gasteiger partial charge is 0.316 e. The lowest BCUT2D eigenvalue weighted by Crippen LogP contribution is -2.52. The molecule has 1 saturated heterocycles. The second-order valence-electron chi connectivity index (χ2n) is 9.43. The Morgan fingerprint density at radius 3 is 2.62 bits per heavy atom. The Hall–Kier alpha value is -4.86. The number of nitrogens with two attached hydrogens (primary N) is 1. The number of hydrogen-bond donors (Lipinski definition) is 2. The fourth-order valence-corrected chi connectivity index (χ4v) is 4.49. The van der Waals surface area contributed by atoms with Crippen molar-refractivity contribution in [1.82, 2.24) is 34.8 Å². The van der Waals surface area contributed by atoms with E-state index in [1.165, 1.54) is 13.3 Å². The number of hydrogen-bond acceptors (Lipinski definition) is 11. The normalized spacial score (nSPS) is 16.8. The zero-order valence-electron chi connectivity index (χ0n) is 20.6. The Morgan fingerprint density at radius 2 is 2.00 bits per heavy atom. The number of carbonyl (C=O) groups is 1. The number of piperidine rings is 1. The van der Waals surface area contributed by atoms with Crippen molar-refractivity contribution in [3.8, 4) is 23.3 Å². The van der Waals surface area contributed by atoms with Gasteiger partial charge in [-0.2, -0.15) is 14.9 Å². The topological polar surface area (TPSA) is 173 Å². The van der Waals surface area contributed by atoms with Gasteiger partial charge in [0.2, 0.25) is 0 Å². The van der Waals surface area contributed by atoms with Crippen LogP contribution in [0.4, 0.5) is 11.6 Å². The molecular weight excluding hydrogens is 474 g/mol. The van der Waals surface area contributed by atoms with E-state index >= 15 is 0 Å². The Labute approximate surface area is 212 Å². The van der Waals surface area contributed by atoms with E-state index < -0.39 is 5.91 Å². The van der Waals surface area contributed by atoms with Gasteiger partial charge in [0.25, 0.3) is 5.91 Å². The first-order valence-corrected chi connectivity index (χ1v) is 11.6. The van der Waals surface area contributed by atoms with Gasteiger partial charge in [0.15, 0.2) is 17.2 Å². The van der Waals surface area contributed by atoms with Gasteiger partial charge in [-0.05, 0) is 18.6 Å². The molecule has 0 saturated carbocycles. The van der Waals surface area contributed by atoms with Crippen LogP contribution in [0, 0.1) is 16.7 Å². The van der Waals surface area contributed by atoms with Crippen LogP contribution in [0.2, 0.25) is 0 Å². The first-order valence-electron chi connectivity index (χ1n) is 11.6. The van der Waals surface area contributed by atoms with Crippen molar-refractivity contribution in [3.05, 3.63) is 48.0 Å². The van der Waals surface area contributed by atoms with Gasteiger partial charge in [-0.25, -0.2) is 15.0 Å². The highest BCUT2D eigenvalue weighted by molar-refractivity contribution is 5.97. The highest BCUT2D eigenvalue weighted by atomic mass is 16.5. The number of carbonyl (C=O) groups excluding carboxylic acids is 1. The maximum Gasteiger partial charge on any atom is 0.316 e. The summed E-state index contributed by atoms with van der Waals surface area (Å²) in [5, 5.41) is 25.4. The summed E-state index contributed by atoms with van der Waals surface area (Å²) in [5.74, 6) is 0.584. The number of amides is 1. The molecule has 0 aromatic carbocycles. The third kappa shape index (κ3) is 4.56. The number of nitrogens with one attached hydrogen (secondary N) is 1. The number of anilines is 2. The SMILES string of the molecule is COc1ncc(-c2cc3ncc(C(N)=O)c(N[C@@H]4CCN(c5ccc(C#N)nn5)CC4(C)C)n3n2)cn1. The van der Waals surface area contributed by atoms with Crippen LogP contribution in [0.3, 0.4) is 0 Å². The van der Waals surface area contributed by atoms with Crippen LogP contribution in [0.5, 0.6) is 6.01 Å². The highest BCUT2D eigenvalue weighted by Crippen LogP contribution is 2.34. The molecular formula is C24H25N11O2. The molecule has 5 heterocycles. The number of nitrogens with zero attached hydrogens (tertiary/aromatic N) is 9. The lowest BCUT2D eigenvalue weighted by atomic mass is 9.79. The molecule has 0 unspecified atom stereocenters. The molecule has 1 amide bonds. The number of ether oxygens (including phenoxy) is 1. The van der Waals surface area contributed by atoms with E-state index in [0.717, 1.165) is 6.42 Å². The molecule has 0 radical (unpaired) electrons. The molecule has 188 valence electrons. The maximum absolute atomic E-state index is 12.3. The van der Waals surface area contributed by atoms with Crippen molar-refractivity contribution in [1.29, 1.82) is 5.26 Å². The van der Waals surface area contributed by atoms with Crippen molar-refractivity contribution in [2.24, 2.45) is 11.1 Å².